The zero-order valence-corrected chi connectivity index (χ0v) is 30.4. The fourth-order valence-electron chi connectivity index (χ4n) is 6.88. The molecule has 4 rings (SSSR count). The molecule has 0 radical (unpaired) electrons. The number of rotatable bonds is 22. The number of hydrogen-bond acceptors (Lipinski definition) is 6. The Bertz CT molecular complexity index is 1520. The van der Waals surface area contributed by atoms with Crippen LogP contribution in [0.15, 0.2) is 110 Å². The smallest absolute Gasteiger partial charge is 0.309 e. The third-order valence-electron chi connectivity index (χ3n) is 9.72. The number of hydrogen-bond donors (Lipinski definition) is 3. The Morgan fingerprint density at radius 3 is 2.00 bits per heavy atom. The van der Waals surface area contributed by atoms with Crippen LogP contribution in [0.3, 0.4) is 0 Å². The van der Waals surface area contributed by atoms with Gasteiger partial charge in [-0.05, 0) is 66.8 Å². The molecule has 2 amide bonds. The van der Waals surface area contributed by atoms with Crippen molar-refractivity contribution in [3.8, 4) is 5.75 Å². The Morgan fingerprint density at radius 2 is 1.37 bits per heavy atom. The highest BCUT2D eigenvalue weighted by Gasteiger charge is 2.28. The van der Waals surface area contributed by atoms with Gasteiger partial charge in [0.15, 0.2) is 0 Å². The largest absolute Gasteiger partial charge is 0.489 e. The van der Waals surface area contributed by atoms with Crippen molar-refractivity contribution in [3.05, 3.63) is 127 Å². The molecule has 1 saturated carbocycles. The Hall–Kier alpha value is -4.69. The number of carbonyl (C=O) groups is 3. The van der Waals surface area contributed by atoms with E-state index in [0.717, 1.165) is 48.1 Å². The SMILES string of the molecule is C=CC[C@H](CC(=O)N[C@H](CO)Cc1ccc(OCc2ccccc2)cc1)C(=O)N[C@H](COC(=O)[C@@H](CC=C)Cc1ccccc1)CC1CCCCC1. The van der Waals surface area contributed by atoms with Crippen molar-refractivity contribution in [3.63, 3.8) is 0 Å². The first-order valence-corrected chi connectivity index (χ1v) is 18.7. The number of aliphatic hydroxyl groups excluding tert-OH is 1. The monoisotopic (exact) mass is 708 g/mol. The number of benzene rings is 3. The summed E-state index contributed by atoms with van der Waals surface area (Å²) >= 11 is 0. The predicted octanol–water partition coefficient (Wildman–Crippen LogP) is 7.30. The summed E-state index contributed by atoms with van der Waals surface area (Å²) in [5.41, 5.74) is 3.06. The van der Waals surface area contributed by atoms with Gasteiger partial charge in [-0.1, -0.05) is 117 Å². The molecule has 8 nitrogen and oxygen atoms in total. The van der Waals surface area contributed by atoms with E-state index in [2.05, 4.69) is 23.8 Å². The molecule has 0 aliphatic heterocycles. The van der Waals surface area contributed by atoms with Crippen molar-refractivity contribution in [1.29, 1.82) is 0 Å². The highest BCUT2D eigenvalue weighted by atomic mass is 16.5. The predicted molar refractivity (Wildman–Crippen MR) is 205 cm³/mol. The summed E-state index contributed by atoms with van der Waals surface area (Å²) in [6, 6.07) is 26.5. The minimum atomic E-state index is -0.658. The van der Waals surface area contributed by atoms with Crippen LogP contribution < -0.4 is 15.4 Å². The number of esters is 1. The fraction of sp³-hybridized carbons (Fsp3) is 0.432. The lowest BCUT2D eigenvalue weighted by Gasteiger charge is -2.28. The molecule has 3 aromatic carbocycles. The van der Waals surface area contributed by atoms with Gasteiger partial charge in [0.05, 0.1) is 30.5 Å². The molecule has 0 saturated heterocycles. The average molecular weight is 709 g/mol. The fourth-order valence-corrected chi connectivity index (χ4v) is 6.88. The van der Waals surface area contributed by atoms with Crippen molar-refractivity contribution >= 4 is 17.8 Å². The minimum Gasteiger partial charge on any atom is -0.489 e. The van der Waals surface area contributed by atoms with Crippen LogP contribution in [0.2, 0.25) is 0 Å². The third-order valence-corrected chi connectivity index (χ3v) is 9.72. The van der Waals surface area contributed by atoms with Crippen molar-refractivity contribution in [2.45, 2.75) is 89.3 Å². The average Bonchev–Trinajstić information content (AvgIpc) is 3.17. The van der Waals surface area contributed by atoms with Gasteiger partial charge >= 0.3 is 5.97 Å². The van der Waals surface area contributed by atoms with Gasteiger partial charge in [-0.3, -0.25) is 14.4 Å². The Kier molecular flexibility index (Phi) is 17.2. The van der Waals surface area contributed by atoms with Crippen LogP contribution in [0.1, 0.15) is 74.5 Å². The van der Waals surface area contributed by atoms with E-state index in [1.807, 2.05) is 84.9 Å². The number of aliphatic hydroxyl groups is 1. The van der Waals surface area contributed by atoms with E-state index in [9.17, 15) is 19.5 Å². The summed E-state index contributed by atoms with van der Waals surface area (Å²) in [7, 11) is 0. The molecule has 0 aromatic heterocycles. The first-order valence-electron chi connectivity index (χ1n) is 18.7. The van der Waals surface area contributed by atoms with E-state index in [1.54, 1.807) is 12.2 Å². The third kappa shape index (κ3) is 14.1. The quantitative estimate of drug-likeness (QED) is 0.0746. The van der Waals surface area contributed by atoms with E-state index in [4.69, 9.17) is 9.47 Å². The van der Waals surface area contributed by atoms with Crippen LogP contribution in [0.4, 0.5) is 0 Å². The van der Waals surface area contributed by atoms with Gasteiger partial charge in [0.2, 0.25) is 11.8 Å². The lowest BCUT2D eigenvalue weighted by atomic mass is 9.84. The van der Waals surface area contributed by atoms with Gasteiger partial charge in [0.25, 0.3) is 0 Å². The second-order valence-corrected chi connectivity index (χ2v) is 14.0. The molecule has 1 aliphatic carbocycles. The van der Waals surface area contributed by atoms with Gasteiger partial charge in [0.1, 0.15) is 19.0 Å². The maximum Gasteiger partial charge on any atom is 0.309 e. The molecule has 0 bridgehead atoms. The van der Waals surface area contributed by atoms with E-state index >= 15 is 0 Å². The molecule has 3 aromatic rings. The Morgan fingerprint density at radius 1 is 0.750 bits per heavy atom. The summed E-state index contributed by atoms with van der Waals surface area (Å²) < 4.78 is 11.8. The molecule has 3 N–H and O–H groups in total. The second-order valence-electron chi connectivity index (χ2n) is 14.0. The molecule has 8 heteroatoms. The molecule has 0 spiro atoms. The molecule has 278 valence electrons. The first kappa shape index (κ1) is 40.1. The zero-order chi connectivity index (χ0) is 37.0. The molecule has 0 unspecified atom stereocenters. The number of carbonyl (C=O) groups excluding carboxylic acids is 3. The Balaban J connectivity index is 1.32. The Labute approximate surface area is 309 Å². The summed E-state index contributed by atoms with van der Waals surface area (Å²) in [5.74, 6) is -0.767. The summed E-state index contributed by atoms with van der Waals surface area (Å²) in [6.45, 7) is 7.95. The molecule has 0 heterocycles. The van der Waals surface area contributed by atoms with Gasteiger partial charge in [-0.25, -0.2) is 0 Å². The molecule has 1 fully saturated rings. The standard InChI is InChI=1S/C44H56N2O6/c1-3-14-37(29-42(48)45-39(30-47)27-35-22-24-41(25-23-35)51-31-36-20-12-7-13-21-36)43(49)46-40(28-34-18-10-6-11-19-34)32-52-44(50)38(15-4-2)26-33-16-8-5-9-17-33/h3-5,7-9,12-13,16-17,20-25,34,37-40,47H,1-2,6,10-11,14-15,18-19,26-32H2,(H,45,48)(H,46,49)/t37-,38+,39+,40+/m1/s1. The van der Waals surface area contributed by atoms with Crippen LogP contribution in [0, 0.1) is 17.8 Å². The minimum absolute atomic E-state index is 0.0605. The van der Waals surface area contributed by atoms with Crippen LogP contribution in [0.5, 0.6) is 5.75 Å². The topological polar surface area (TPSA) is 114 Å². The molecule has 1 aliphatic rings. The van der Waals surface area contributed by atoms with Crippen LogP contribution in [-0.2, 0) is 38.6 Å². The lowest BCUT2D eigenvalue weighted by Crippen LogP contribution is -2.45. The van der Waals surface area contributed by atoms with Crippen LogP contribution in [-0.4, -0.2) is 48.2 Å². The van der Waals surface area contributed by atoms with Crippen molar-refractivity contribution in [1.82, 2.24) is 10.6 Å². The van der Waals surface area contributed by atoms with E-state index in [-0.39, 0.29) is 49.4 Å². The summed E-state index contributed by atoms with van der Waals surface area (Å²) in [5, 5.41) is 16.1. The van der Waals surface area contributed by atoms with Gasteiger partial charge in [-0.15, -0.1) is 13.2 Å². The second kappa shape index (κ2) is 22.3. The van der Waals surface area contributed by atoms with E-state index in [0.29, 0.717) is 44.6 Å². The van der Waals surface area contributed by atoms with Gasteiger partial charge in [-0.2, -0.15) is 0 Å². The van der Waals surface area contributed by atoms with Crippen LogP contribution in [0.25, 0.3) is 0 Å². The number of allylic oxidation sites excluding steroid dienone is 2. The van der Waals surface area contributed by atoms with Gasteiger partial charge < -0.3 is 25.2 Å². The highest BCUT2D eigenvalue weighted by molar-refractivity contribution is 5.86. The highest BCUT2D eigenvalue weighted by Crippen LogP contribution is 2.28. The molecular weight excluding hydrogens is 652 g/mol. The number of amides is 2. The van der Waals surface area contributed by atoms with E-state index < -0.39 is 12.0 Å². The maximum absolute atomic E-state index is 13.7. The lowest BCUT2D eigenvalue weighted by molar-refractivity contribution is -0.150. The first-order chi connectivity index (χ1) is 25.4. The van der Waals surface area contributed by atoms with Crippen molar-refractivity contribution in [2.24, 2.45) is 17.8 Å². The molecular formula is C44H56N2O6. The van der Waals surface area contributed by atoms with E-state index in [1.165, 1.54) is 6.42 Å². The normalized spacial score (nSPS) is 15.3. The summed E-state index contributed by atoms with van der Waals surface area (Å²) in [4.78, 5) is 40.2. The van der Waals surface area contributed by atoms with Gasteiger partial charge in [0, 0.05) is 6.42 Å². The summed E-state index contributed by atoms with van der Waals surface area (Å²) in [6.07, 6.45) is 11.5. The molecule has 4 atom stereocenters. The number of nitrogens with one attached hydrogen (secondary N) is 2. The van der Waals surface area contributed by atoms with Crippen molar-refractivity contribution in [2.75, 3.05) is 13.2 Å². The zero-order valence-electron chi connectivity index (χ0n) is 30.4. The van der Waals surface area contributed by atoms with Crippen LogP contribution >= 0.6 is 0 Å². The van der Waals surface area contributed by atoms with Crippen molar-refractivity contribution < 1.29 is 29.0 Å². The number of ether oxygens (including phenoxy) is 2. The molecule has 52 heavy (non-hydrogen) atoms. The maximum atomic E-state index is 13.7.